The Labute approximate surface area is 149 Å². The van der Waals surface area contributed by atoms with Crippen LogP contribution in [0.15, 0.2) is 23.9 Å². The maximum Gasteiger partial charge on any atom is 0.350 e. The fourth-order valence-electron chi connectivity index (χ4n) is 2.85. The first-order chi connectivity index (χ1) is 12.1. The summed E-state index contributed by atoms with van der Waals surface area (Å²) in [4.78, 5) is 37.7. The zero-order chi connectivity index (χ0) is 19.2. The monoisotopic (exact) mass is 363 g/mol. The van der Waals surface area contributed by atoms with Crippen molar-refractivity contribution < 1.29 is 33.0 Å². The van der Waals surface area contributed by atoms with Gasteiger partial charge in [0.05, 0.1) is 17.3 Å². The Kier molecular flexibility index (Phi) is 4.21. The van der Waals surface area contributed by atoms with Crippen LogP contribution >= 0.6 is 0 Å². The van der Waals surface area contributed by atoms with Crippen LogP contribution in [0.25, 0.3) is 0 Å². The number of Topliss-reactive ketones (excluding diaryl/α,β-unsaturated/α-hetero) is 1. The van der Waals surface area contributed by atoms with E-state index in [4.69, 9.17) is 14.2 Å². The number of fused-ring (bicyclic) bond motifs is 1. The van der Waals surface area contributed by atoms with Crippen molar-refractivity contribution in [3.63, 3.8) is 0 Å². The molecule has 1 atom stereocenters. The van der Waals surface area contributed by atoms with Crippen LogP contribution in [0.1, 0.15) is 38.1 Å². The number of ketones is 1. The summed E-state index contributed by atoms with van der Waals surface area (Å²) in [5, 5.41) is 0. The maximum atomic E-state index is 14.0. The van der Waals surface area contributed by atoms with Crippen molar-refractivity contribution in [3.8, 4) is 5.75 Å². The van der Waals surface area contributed by atoms with E-state index >= 15 is 0 Å². The molecule has 2 aliphatic rings. The molecule has 1 unspecified atom stereocenters. The number of esters is 2. The lowest BCUT2D eigenvalue weighted by atomic mass is 10.0. The summed E-state index contributed by atoms with van der Waals surface area (Å²) in [6, 6.07) is 2.28. The molecule has 0 N–H and O–H groups in total. The number of rotatable bonds is 2. The summed E-state index contributed by atoms with van der Waals surface area (Å²) in [5.41, 5.74) is -0.0984. The second-order valence-electron chi connectivity index (χ2n) is 6.62. The minimum absolute atomic E-state index is 0.0744. The zero-order valence-electron chi connectivity index (χ0n) is 14.8. The number of halogens is 1. The van der Waals surface area contributed by atoms with Gasteiger partial charge in [-0.25, -0.2) is 14.0 Å². The van der Waals surface area contributed by atoms with E-state index in [9.17, 15) is 18.8 Å². The molecule has 8 heteroatoms. The molecular weight excluding hydrogens is 345 g/mol. The van der Waals surface area contributed by atoms with E-state index < -0.39 is 29.3 Å². The second-order valence-corrected chi connectivity index (χ2v) is 6.62. The SMILES string of the molecule is CC(=O)c1c(F)ccc2c1OCC(C)N2C=C1C(=O)OC(C)(C)OC1=O. The van der Waals surface area contributed by atoms with Crippen molar-refractivity contribution in [2.75, 3.05) is 11.5 Å². The fourth-order valence-corrected chi connectivity index (χ4v) is 2.85. The molecule has 1 aromatic carbocycles. The molecule has 0 amide bonds. The van der Waals surface area contributed by atoms with E-state index in [1.807, 2.05) is 0 Å². The second kappa shape index (κ2) is 6.12. The summed E-state index contributed by atoms with van der Waals surface area (Å²) in [6.07, 6.45) is 1.29. The molecule has 1 saturated heterocycles. The Hall–Kier alpha value is -2.90. The fraction of sp³-hybridized carbons (Fsp3) is 0.389. The van der Waals surface area contributed by atoms with Crippen molar-refractivity contribution in [3.05, 3.63) is 35.3 Å². The molecule has 0 radical (unpaired) electrons. The lowest BCUT2D eigenvalue weighted by molar-refractivity contribution is -0.222. The van der Waals surface area contributed by atoms with Gasteiger partial charge in [0.2, 0.25) is 0 Å². The van der Waals surface area contributed by atoms with Crippen LogP contribution in [-0.2, 0) is 19.1 Å². The molecule has 26 heavy (non-hydrogen) atoms. The number of ether oxygens (including phenoxy) is 3. The normalized spacial score (nSPS) is 21.3. The number of hydrogen-bond donors (Lipinski definition) is 0. The third-order valence-electron chi connectivity index (χ3n) is 4.05. The molecule has 3 rings (SSSR count). The maximum absolute atomic E-state index is 14.0. The number of benzene rings is 1. The van der Waals surface area contributed by atoms with Crippen LogP contribution in [0.5, 0.6) is 5.75 Å². The van der Waals surface area contributed by atoms with Gasteiger partial charge >= 0.3 is 11.9 Å². The number of anilines is 1. The highest BCUT2D eigenvalue weighted by Gasteiger charge is 2.40. The largest absolute Gasteiger partial charge is 0.488 e. The average molecular weight is 363 g/mol. The highest BCUT2D eigenvalue weighted by Crippen LogP contribution is 2.39. The quantitative estimate of drug-likeness (QED) is 0.345. The van der Waals surface area contributed by atoms with Crippen LogP contribution in [0, 0.1) is 5.82 Å². The molecule has 2 aliphatic heterocycles. The van der Waals surface area contributed by atoms with Crippen molar-refractivity contribution in [1.82, 2.24) is 0 Å². The van der Waals surface area contributed by atoms with Gasteiger partial charge in [0.1, 0.15) is 12.4 Å². The molecule has 0 spiro atoms. The van der Waals surface area contributed by atoms with E-state index in [2.05, 4.69) is 0 Å². The molecule has 2 heterocycles. The van der Waals surface area contributed by atoms with Crippen molar-refractivity contribution in [2.45, 2.75) is 39.5 Å². The van der Waals surface area contributed by atoms with Crippen LogP contribution in [0.4, 0.5) is 10.1 Å². The van der Waals surface area contributed by atoms with Gasteiger partial charge in [-0.3, -0.25) is 4.79 Å². The van der Waals surface area contributed by atoms with E-state index in [1.165, 1.54) is 33.0 Å². The third-order valence-corrected chi connectivity index (χ3v) is 4.05. The predicted octanol–water partition coefficient (Wildman–Crippen LogP) is 2.34. The Morgan fingerprint density at radius 1 is 1.27 bits per heavy atom. The molecule has 0 aromatic heterocycles. The van der Waals surface area contributed by atoms with Gasteiger partial charge in [0.15, 0.2) is 17.1 Å². The third kappa shape index (κ3) is 3.02. The molecule has 0 bridgehead atoms. The summed E-state index contributed by atoms with van der Waals surface area (Å²) in [6.45, 7) is 6.07. The first-order valence-corrected chi connectivity index (χ1v) is 8.04. The van der Waals surface area contributed by atoms with Crippen LogP contribution in [-0.4, -0.2) is 36.2 Å². The first kappa shape index (κ1) is 17.9. The Morgan fingerprint density at radius 3 is 2.46 bits per heavy atom. The lowest BCUT2D eigenvalue weighted by Gasteiger charge is -2.36. The number of nitrogens with zero attached hydrogens (tertiary/aromatic N) is 1. The molecule has 0 saturated carbocycles. The van der Waals surface area contributed by atoms with Crippen LogP contribution in [0.2, 0.25) is 0 Å². The van der Waals surface area contributed by atoms with Gasteiger partial charge < -0.3 is 19.1 Å². The minimum Gasteiger partial charge on any atom is -0.488 e. The van der Waals surface area contributed by atoms with Crippen molar-refractivity contribution >= 4 is 23.4 Å². The van der Waals surface area contributed by atoms with Gasteiger partial charge in [-0.05, 0) is 26.0 Å². The summed E-state index contributed by atoms with van der Waals surface area (Å²) in [5.74, 6) is -4.09. The van der Waals surface area contributed by atoms with E-state index in [0.29, 0.717) is 5.69 Å². The summed E-state index contributed by atoms with van der Waals surface area (Å²) >= 11 is 0. The smallest absolute Gasteiger partial charge is 0.350 e. The Morgan fingerprint density at radius 2 is 1.88 bits per heavy atom. The van der Waals surface area contributed by atoms with E-state index in [-0.39, 0.29) is 29.5 Å². The van der Waals surface area contributed by atoms with E-state index in [0.717, 1.165) is 6.07 Å². The van der Waals surface area contributed by atoms with Gasteiger partial charge in [-0.2, -0.15) is 0 Å². The highest BCUT2D eigenvalue weighted by atomic mass is 19.1. The van der Waals surface area contributed by atoms with Gasteiger partial charge in [0, 0.05) is 20.0 Å². The standard InChI is InChI=1S/C18H18FNO6/c1-9-8-24-15-13(6-5-12(19)14(15)10(2)21)20(9)7-11-16(22)25-18(3,4)26-17(11)23/h5-7,9H,8H2,1-4H3. The molecule has 0 aliphatic carbocycles. The molecule has 138 valence electrons. The van der Waals surface area contributed by atoms with Crippen LogP contribution in [0.3, 0.4) is 0 Å². The number of cyclic esters (lactones) is 2. The van der Waals surface area contributed by atoms with Gasteiger partial charge in [0.25, 0.3) is 5.79 Å². The Balaban J connectivity index is 2.08. The number of hydrogen-bond acceptors (Lipinski definition) is 7. The Bertz CT molecular complexity index is 822. The van der Waals surface area contributed by atoms with Crippen molar-refractivity contribution in [2.24, 2.45) is 0 Å². The minimum atomic E-state index is -1.34. The number of carbonyl (C=O) groups is 3. The van der Waals surface area contributed by atoms with Gasteiger partial charge in [-0.1, -0.05) is 0 Å². The van der Waals surface area contributed by atoms with Gasteiger partial charge in [-0.15, -0.1) is 0 Å². The molecular formula is C18H18FNO6. The number of carbonyl (C=O) groups excluding carboxylic acids is 3. The summed E-state index contributed by atoms with van der Waals surface area (Å²) in [7, 11) is 0. The zero-order valence-corrected chi connectivity index (χ0v) is 14.8. The van der Waals surface area contributed by atoms with E-state index in [1.54, 1.807) is 11.8 Å². The molecule has 7 nitrogen and oxygen atoms in total. The summed E-state index contributed by atoms with van der Waals surface area (Å²) < 4.78 is 29.7. The molecule has 1 fully saturated rings. The first-order valence-electron chi connectivity index (χ1n) is 8.04. The predicted molar refractivity (Wildman–Crippen MR) is 88.2 cm³/mol. The van der Waals surface area contributed by atoms with Crippen molar-refractivity contribution in [1.29, 1.82) is 0 Å². The van der Waals surface area contributed by atoms with Crippen LogP contribution < -0.4 is 9.64 Å². The average Bonchev–Trinajstić information content (AvgIpc) is 2.51. The lowest BCUT2D eigenvalue weighted by Crippen LogP contribution is -2.44. The highest BCUT2D eigenvalue weighted by molar-refractivity contribution is 6.15. The topological polar surface area (TPSA) is 82.1 Å². The molecule has 1 aromatic rings.